The lowest BCUT2D eigenvalue weighted by Gasteiger charge is -2.49. The summed E-state index contributed by atoms with van der Waals surface area (Å²) < 4.78 is 0. The fraction of sp³-hybridized carbons (Fsp3) is 0.333. The van der Waals surface area contributed by atoms with Gasteiger partial charge >= 0.3 is 5.97 Å². The van der Waals surface area contributed by atoms with E-state index >= 15 is 0 Å². The first-order valence-electron chi connectivity index (χ1n) is 6.74. The van der Waals surface area contributed by atoms with Crippen LogP contribution in [0, 0.1) is 0 Å². The van der Waals surface area contributed by atoms with E-state index in [9.17, 15) is 14.7 Å². The molecular weight excluding hydrogens is 288 g/mol. The van der Waals surface area contributed by atoms with Crippen LogP contribution in [-0.4, -0.2) is 39.1 Å². The van der Waals surface area contributed by atoms with Crippen molar-refractivity contribution in [3.05, 3.63) is 47.2 Å². The number of nitrogens with one attached hydrogen (secondary N) is 1. The van der Waals surface area contributed by atoms with Crippen LogP contribution >= 0.6 is 11.8 Å². The molecule has 1 unspecified atom stereocenters. The molecule has 5 nitrogen and oxygen atoms in total. The molecule has 0 saturated carbocycles. The Morgan fingerprint density at radius 1 is 1.43 bits per heavy atom. The molecule has 0 bridgehead atoms. The summed E-state index contributed by atoms with van der Waals surface area (Å²) in [5, 5.41) is 12.4. The molecule has 2 aliphatic rings. The summed E-state index contributed by atoms with van der Waals surface area (Å²) in [6, 6.07) is 9.54. The van der Waals surface area contributed by atoms with Crippen LogP contribution in [0.5, 0.6) is 0 Å². The van der Waals surface area contributed by atoms with E-state index in [2.05, 4.69) is 5.32 Å². The molecule has 1 amide bonds. The number of amides is 1. The summed E-state index contributed by atoms with van der Waals surface area (Å²) >= 11 is 1.61. The molecule has 110 valence electrons. The first-order chi connectivity index (χ1) is 10.1. The molecule has 1 aromatic rings. The number of nitrogens with zero attached hydrogens (tertiary/aromatic N) is 1. The number of thioether (sulfide) groups is 1. The van der Waals surface area contributed by atoms with Crippen LogP contribution in [0.15, 0.2) is 41.6 Å². The van der Waals surface area contributed by atoms with Crippen molar-refractivity contribution < 1.29 is 14.7 Å². The molecule has 6 heteroatoms. The third-order valence-electron chi connectivity index (χ3n) is 3.73. The van der Waals surface area contributed by atoms with Crippen LogP contribution in [-0.2, 0) is 16.1 Å². The summed E-state index contributed by atoms with van der Waals surface area (Å²) in [6.45, 7) is 2.37. The van der Waals surface area contributed by atoms with Gasteiger partial charge in [-0.25, -0.2) is 4.79 Å². The van der Waals surface area contributed by atoms with E-state index in [1.807, 2.05) is 30.3 Å². The van der Waals surface area contributed by atoms with Gasteiger partial charge in [-0.05, 0) is 18.1 Å². The first kappa shape index (κ1) is 14.2. The van der Waals surface area contributed by atoms with Gasteiger partial charge in [-0.2, -0.15) is 0 Å². The number of aliphatic carboxylic acids is 1. The molecular formula is C15H16N2O3S. The number of hydrogen-bond donors (Lipinski definition) is 2. The number of carboxylic acid groups (broad SMARTS) is 1. The predicted molar refractivity (Wildman–Crippen MR) is 80.5 cm³/mol. The highest BCUT2D eigenvalue weighted by Crippen LogP contribution is 2.40. The minimum Gasteiger partial charge on any atom is -0.477 e. The number of β-lactam (4-membered cyclic amide) rings is 1. The second kappa shape index (κ2) is 5.54. The van der Waals surface area contributed by atoms with Crippen molar-refractivity contribution in [2.24, 2.45) is 0 Å². The van der Waals surface area contributed by atoms with Gasteiger partial charge < -0.3 is 5.11 Å². The van der Waals surface area contributed by atoms with Crippen LogP contribution in [0.1, 0.15) is 12.5 Å². The maximum Gasteiger partial charge on any atom is 0.352 e. The predicted octanol–water partition coefficient (Wildman–Crippen LogP) is 1.42. The highest BCUT2D eigenvalue weighted by Gasteiger charge is 2.52. The molecule has 0 aromatic heterocycles. The molecule has 0 aliphatic carbocycles. The first-order valence-corrected chi connectivity index (χ1v) is 7.79. The van der Waals surface area contributed by atoms with Crippen molar-refractivity contribution in [1.29, 1.82) is 0 Å². The summed E-state index contributed by atoms with van der Waals surface area (Å²) in [7, 11) is 0. The Morgan fingerprint density at radius 3 is 2.81 bits per heavy atom. The number of carbonyl (C=O) groups excluding carboxylic acids is 1. The van der Waals surface area contributed by atoms with Gasteiger partial charge in [-0.15, -0.1) is 11.8 Å². The van der Waals surface area contributed by atoms with E-state index < -0.39 is 5.97 Å². The standard InChI is InChI=1S/C15H16N2O3S/c1-9-8-21-14-11(13(18)17(14)12(9)15(19)20)16-7-10-5-3-2-4-6-10/h2-6,11,14,16H,7-8H2,1H3,(H,19,20)/t11?,14-/m1/s1. The molecule has 2 aliphatic heterocycles. The molecule has 2 heterocycles. The maximum atomic E-state index is 12.2. The van der Waals surface area contributed by atoms with Gasteiger partial charge in [0, 0.05) is 12.3 Å². The topological polar surface area (TPSA) is 69.6 Å². The Hall–Kier alpha value is -1.79. The smallest absolute Gasteiger partial charge is 0.352 e. The number of rotatable bonds is 4. The molecule has 0 spiro atoms. The second-order valence-corrected chi connectivity index (χ2v) is 6.29. The van der Waals surface area contributed by atoms with E-state index in [-0.39, 0.29) is 23.0 Å². The van der Waals surface area contributed by atoms with Crippen LogP contribution in [0.4, 0.5) is 0 Å². The Labute approximate surface area is 127 Å². The molecule has 1 saturated heterocycles. The van der Waals surface area contributed by atoms with E-state index in [1.165, 1.54) is 4.90 Å². The molecule has 2 N–H and O–H groups in total. The zero-order chi connectivity index (χ0) is 15.0. The lowest BCUT2D eigenvalue weighted by molar-refractivity contribution is -0.149. The molecule has 2 atom stereocenters. The summed E-state index contributed by atoms with van der Waals surface area (Å²) in [6.07, 6.45) is 0. The second-order valence-electron chi connectivity index (χ2n) is 5.19. The van der Waals surface area contributed by atoms with Crippen LogP contribution < -0.4 is 5.32 Å². The molecule has 21 heavy (non-hydrogen) atoms. The Balaban J connectivity index is 1.69. The van der Waals surface area contributed by atoms with Gasteiger partial charge in [0.05, 0.1) is 0 Å². The maximum absolute atomic E-state index is 12.2. The van der Waals surface area contributed by atoms with E-state index in [0.29, 0.717) is 12.3 Å². The van der Waals surface area contributed by atoms with Crippen molar-refractivity contribution in [2.45, 2.75) is 24.9 Å². The highest BCUT2D eigenvalue weighted by molar-refractivity contribution is 8.00. The van der Waals surface area contributed by atoms with Gasteiger partial charge in [0.2, 0.25) is 5.91 Å². The highest BCUT2D eigenvalue weighted by atomic mass is 32.2. The summed E-state index contributed by atoms with van der Waals surface area (Å²) in [5.74, 6) is -0.521. The van der Waals surface area contributed by atoms with E-state index in [4.69, 9.17) is 0 Å². The van der Waals surface area contributed by atoms with Crippen molar-refractivity contribution in [2.75, 3.05) is 5.75 Å². The minimum atomic E-state index is -1.02. The van der Waals surface area contributed by atoms with Gasteiger partial charge in [-0.3, -0.25) is 15.0 Å². The molecule has 1 aromatic carbocycles. The van der Waals surface area contributed by atoms with Crippen LogP contribution in [0.2, 0.25) is 0 Å². The van der Waals surface area contributed by atoms with Crippen molar-refractivity contribution >= 4 is 23.6 Å². The number of fused-ring (bicyclic) bond motifs is 1. The number of carboxylic acids is 1. The minimum absolute atomic E-state index is 0.115. The average molecular weight is 304 g/mol. The Morgan fingerprint density at radius 2 is 2.14 bits per heavy atom. The Kier molecular flexibility index (Phi) is 3.73. The summed E-state index contributed by atoms with van der Waals surface area (Å²) in [4.78, 5) is 24.9. The SMILES string of the molecule is CC1=C(C(=O)O)N2C(=O)C(NCc3ccccc3)[C@H]2SC1. The summed E-state index contributed by atoms with van der Waals surface area (Å²) in [5.41, 5.74) is 2.01. The van der Waals surface area contributed by atoms with Gasteiger partial charge in [-0.1, -0.05) is 30.3 Å². The monoisotopic (exact) mass is 304 g/mol. The third-order valence-corrected chi connectivity index (χ3v) is 5.15. The normalized spacial score (nSPS) is 24.6. The fourth-order valence-corrected chi connectivity index (χ4v) is 3.98. The van der Waals surface area contributed by atoms with Crippen molar-refractivity contribution in [3.8, 4) is 0 Å². The van der Waals surface area contributed by atoms with Gasteiger partial charge in [0.1, 0.15) is 17.1 Å². The van der Waals surface area contributed by atoms with Crippen molar-refractivity contribution in [1.82, 2.24) is 10.2 Å². The number of hydrogen-bond acceptors (Lipinski definition) is 4. The lowest BCUT2D eigenvalue weighted by atomic mass is 10.0. The van der Waals surface area contributed by atoms with E-state index in [1.54, 1.807) is 18.7 Å². The van der Waals surface area contributed by atoms with Crippen LogP contribution in [0.3, 0.4) is 0 Å². The number of benzene rings is 1. The molecule has 0 radical (unpaired) electrons. The average Bonchev–Trinajstić information content (AvgIpc) is 2.48. The van der Waals surface area contributed by atoms with Gasteiger partial charge in [0.15, 0.2) is 0 Å². The largest absolute Gasteiger partial charge is 0.477 e. The zero-order valence-corrected chi connectivity index (χ0v) is 12.4. The quantitative estimate of drug-likeness (QED) is 0.823. The number of carbonyl (C=O) groups is 2. The molecule has 3 rings (SSSR count). The third kappa shape index (κ3) is 2.45. The van der Waals surface area contributed by atoms with Crippen molar-refractivity contribution in [3.63, 3.8) is 0 Å². The van der Waals surface area contributed by atoms with Gasteiger partial charge in [0.25, 0.3) is 0 Å². The lowest BCUT2D eigenvalue weighted by Crippen LogP contribution is -2.69. The van der Waals surface area contributed by atoms with E-state index in [0.717, 1.165) is 11.1 Å². The van der Waals surface area contributed by atoms with Crippen LogP contribution in [0.25, 0.3) is 0 Å². The zero-order valence-electron chi connectivity index (χ0n) is 11.6. The molecule has 1 fully saturated rings. The Bertz CT molecular complexity index is 615. The fourth-order valence-electron chi connectivity index (χ4n) is 2.65.